The van der Waals surface area contributed by atoms with Gasteiger partial charge in [-0.25, -0.2) is 0 Å². The third-order valence-corrected chi connectivity index (χ3v) is 5.14. The quantitative estimate of drug-likeness (QED) is 0.438. The first kappa shape index (κ1) is 17.7. The van der Waals surface area contributed by atoms with Crippen LogP contribution in [0.4, 0.5) is 4.39 Å². The smallest absolute Gasteiger partial charge is 0.195 e. The maximum Gasteiger partial charge on any atom is 0.196 e. The van der Waals surface area contributed by atoms with Crippen LogP contribution >= 0.6 is 0 Å². The fourth-order valence-corrected chi connectivity index (χ4v) is 3.59. The minimum absolute atomic E-state index is 0.281. The average molecular weight is 313 g/mol. The van der Waals surface area contributed by atoms with E-state index in [0.717, 1.165) is 25.2 Å². The van der Waals surface area contributed by atoms with Crippen LogP contribution in [-0.2, 0) is 12.8 Å². The molecule has 2 heteroatoms. The van der Waals surface area contributed by atoms with Crippen LogP contribution in [0.1, 0.15) is 63.0 Å². The van der Waals surface area contributed by atoms with Crippen molar-refractivity contribution >= 4 is 0 Å². The van der Waals surface area contributed by atoms with Crippen LogP contribution in [0.2, 0.25) is 0 Å². The lowest BCUT2D eigenvalue weighted by molar-refractivity contribution is 0.288. The number of hydrogen-bond acceptors (Lipinski definition) is 1. The Bertz CT molecular complexity index is 530. The predicted molar refractivity (Wildman–Crippen MR) is 93.6 cm³/mol. The Morgan fingerprint density at radius 3 is 2.39 bits per heavy atom. The molecule has 1 aromatic rings. The van der Waals surface area contributed by atoms with Crippen molar-refractivity contribution in [3.63, 3.8) is 0 Å². The summed E-state index contributed by atoms with van der Waals surface area (Å²) < 4.78 is 13.0. The Labute approximate surface area is 140 Å². The Kier molecular flexibility index (Phi) is 7.33. The van der Waals surface area contributed by atoms with Crippen LogP contribution in [0.5, 0.6) is 0 Å². The van der Waals surface area contributed by atoms with Gasteiger partial charge in [0, 0.05) is 0 Å². The number of halogens is 1. The van der Waals surface area contributed by atoms with E-state index in [-0.39, 0.29) is 5.92 Å². The van der Waals surface area contributed by atoms with E-state index in [0.29, 0.717) is 0 Å². The number of allylic oxidation sites excluding steroid dienone is 2. The van der Waals surface area contributed by atoms with Gasteiger partial charge in [0.15, 0.2) is 5.83 Å². The van der Waals surface area contributed by atoms with Crippen LogP contribution in [0.3, 0.4) is 0 Å². The Morgan fingerprint density at radius 1 is 1.13 bits per heavy atom. The predicted octanol–water partition coefficient (Wildman–Crippen LogP) is 6.15. The number of rotatable bonds is 7. The molecule has 124 valence electrons. The maximum atomic E-state index is 13.0. The van der Waals surface area contributed by atoms with E-state index in [1.165, 1.54) is 55.7 Å². The standard InChI is InChI=1S/C21H28FN/c1-2-17-7-9-18(10-8-17)5-3-4-6-19-11-13-20(14-12-19)15-21(22)16-23/h7-10,15,19-20H,2-6,11-14H2,1H3/b21-15+. The molecule has 1 aliphatic rings. The topological polar surface area (TPSA) is 23.8 Å². The second-order valence-corrected chi connectivity index (χ2v) is 6.82. The number of nitriles is 1. The van der Waals surface area contributed by atoms with E-state index in [9.17, 15) is 4.39 Å². The summed E-state index contributed by atoms with van der Waals surface area (Å²) in [6.45, 7) is 2.19. The van der Waals surface area contributed by atoms with Crippen molar-refractivity contribution in [1.82, 2.24) is 0 Å². The number of aryl methyl sites for hydroxylation is 2. The van der Waals surface area contributed by atoms with Crippen molar-refractivity contribution in [1.29, 1.82) is 5.26 Å². The van der Waals surface area contributed by atoms with Crippen molar-refractivity contribution in [2.45, 2.75) is 64.7 Å². The van der Waals surface area contributed by atoms with Crippen molar-refractivity contribution in [3.05, 3.63) is 47.3 Å². The summed E-state index contributed by atoms with van der Waals surface area (Å²) in [7, 11) is 0. The molecule has 0 aromatic heterocycles. The highest BCUT2D eigenvalue weighted by Crippen LogP contribution is 2.33. The molecule has 0 spiro atoms. The summed E-state index contributed by atoms with van der Waals surface area (Å²) in [5.74, 6) is 0.470. The largest absolute Gasteiger partial charge is 0.196 e. The highest BCUT2D eigenvalue weighted by atomic mass is 19.1. The third-order valence-electron chi connectivity index (χ3n) is 5.14. The molecular weight excluding hydrogens is 285 g/mol. The zero-order valence-corrected chi connectivity index (χ0v) is 14.2. The lowest BCUT2D eigenvalue weighted by Crippen LogP contribution is -2.13. The average Bonchev–Trinajstić information content (AvgIpc) is 2.60. The number of hydrogen-bond donors (Lipinski definition) is 0. The molecule has 0 saturated heterocycles. The summed E-state index contributed by atoms with van der Waals surface area (Å²) in [4.78, 5) is 0. The second kappa shape index (κ2) is 9.50. The van der Waals surface area contributed by atoms with Crippen molar-refractivity contribution < 1.29 is 4.39 Å². The SMILES string of the molecule is CCc1ccc(CCCCC2CCC(/C=C(/F)C#N)CC2)cc1. The van der Waals surface area contributed by atoms with Gasteiger partial charge in [0.1, 0.15) is 6.07 Å². The van der Waals surface area contributed by atoms with Gasteiger partial charge in [-0.15, -0.1) is 0 Å². The van der Waals surface area contributed by atoms with Gasteiger partial charge in [0.05, 0.1) is 0 Å². The fourth-order valence-electron chi connectivity index (χ4n) is 3.59. The first-order valence-corrected chi connectivity index (χ1v) is 9.06. The van der Waals surface area contributed by atoms with E-state index in [2.05, 4.69) is 31.2 Å². The molecule has 1 nitrogen and oxygen atoms in total. The fraction of sp³-hybridized carbons (Fsp3) is 0.571. The number of benzene rings is 1. The maximum absolute atomic E-state index is 13.0. The summed E-state index contributed by atoms with van der Waals surface area (Å²) in [5.41, 5.74) is 2.86. The van der Waals surface area contributed by atoms with Gasteiger partial charge in [-0.05, 0) is 74.0 Å². The van der Waals surface area contributed by atoms with Crippen LogP contribution < -0.4 is 0 Å². The van der Waals surface area contributed by atoms with Gasteiger partial charge in [-0.3, -0.25) is 0 Å². The van der Waals surface area contributed by atoms with Crippen LogP contribution in [0.15, 0.2) is 36.2 Å². The summed E-state index contributed by atoms with van der Waals surface area (Å²) in [5, 5.41) is 8.49. The molecule has 1 aromatic carbocycles. The van der Waals surface area contributed by atoms with E-state index >= 15 is 0 Å². The third kappa shape index (κ3) is 6.18. The van der Waals surface area contributed by atoms with Crippen LogP contribution in [0, 0.1) is 23.2 Å². The summed E-state index contributed by atoms with van der Waals surface area (Å²) >= 11 is 0. The molecule has 0 unspecified atom stereocenters. The minimum Gasteiger partial charge on any atom is -0.195 e. The van der Waals surface area contributed by atoms with E-state index in [1.54, 1.807) is 6.07 Å². The van der Waals surface area contributed by atoms with Gasteiger partial charge in [-0.1, -0.05) is 44.0 Å². The number of unbranched alkanes of at least 4 members (excludes halogenated alkanes) is 1. The molecule has 23 heavy (non-hydrogen) atoms. The molecule has 1 fully saturated rings. The van der Waals surface area contributed by atoms with Gasteiger partial charge in [0.2, 0.25) is 0 Å². The molecule has 0 amide bonds. The van der Waals surface area contributed by atoms with E-state index in [1.807, 2.05) is 0 Å². The van der Waals surface area contributed by atoms with Gasteiger partial charge in [-0.2, -0.15) is 9.65 Å². The molecule has 0 N–H and O–H groups in total. The zero-order valence-electron chi connectivity index (χ0n) is 14.2. The van der Waals surface area contributed by atoms with Crippen LogP contribution in [-0.4, -0.2) is 0 Å². The van der Waals surface area contributed by atoms with Gasteiger partial charge in [0.25, 0.3) is 0 Å². The van der Waals surface area contributed by atoms with E-state index < -0.39 is 5.83 Å². The summed E-state index contributed by atoms with van der Waals surface area (Å²) in [6, 6.07) is 10.6. The van der Waals surface area contributed by atoms with Crippen molar-refractivity contribution in [2.75, 3.05) is 0 Å². The lowest BCUT2D eigenvalue weighted by Gasteiger charge is -2.26. The molecule has 2 rings (SSSR count). The molecule has 1 saturated carbocycles. The molecular formula is C21H28FN. The zero-order chi connectivity index (χ0) is 16.5. The highest BCUT2D eigenvalue weighted by Gasteiger charge is 2.20. The van der Waals surface area contributed by atoms with Crippen LogP contribution in [0.25, 0.3) is 0 Å². The Balaban J connectivity index is 1.61. The van der Waals surface area contributed by atoms with E-state index in [4.69, 9.17) is 5.26 Å². The lowest BCUT2D eigenvalue weighted by atomic mass is 9.79. The Morgan fingerprint density at radius 2 is 1.78 bits per heavy atom. The first-order valence-electron chi connectivity index (χ1n) is 9.06. The molecule has 0 heterocycles. The van der Waals surface area contributed by atoms with Crippen molar-refractivity contribution in [3.8, 4) is 6.07 Å². The minimum atomic E-state index is -0.609. The van der Waals surface area contributed by atoms with Gasteiger partial charge < -0.3 is 0 Å². The molecule has 0 bridgehead atoms. The molecule has 0 radical (unpaired) electrons. The normalized spacial score (nSPS) is 21.9. The monoisotopic (exact) mass is 313 g/mol. The Hall–Kier alpha value is -1.62. The molecule has 0 aliphatic heterocycles. The first-order chi connectivity index (χ1) is 11.2. The van der Waals surface area contributed by atoms with Crippen molar-refractivity contribution in [2.24, 2.45) is 11.8 Å². The second-order valence-electron chi connectivity index (χ2n) is 6.82. The number of nitrogens with zero attached hydrogens (tertiary/aromatic N) is 1. The van der Waals surface area contributed by atoms with Gasteiger partial charge >= 0.3 is 0 Å². The summed E-state index contributed by atoms with van der Waals surface area (Å²) in [6.07, 6.45) is 12.1. The molecule has 0 atom stereocenters. The highest BCUT2D eigenvalue weighted by molar-refractivity contribution is 5.22. The molecule has 1 aliphatic carbocycles.